The average molecular weight is 496 g/mol. The van der Waals surface area contributed by atoms with Gasteiger partial charge in [-0.05, 0) is 13.0 Å². The third kappa shape index (κ3) is 4.58. The Hall–Kier alpha value is -3.17. The van der Waals surface area contributed by atoms with E-state index in [1.807, 2.05) is 0 Å². The molecule has 2 fully saturated rings. The van der Waals surface area contributed by atoms with Gasteiger partial charge in [-0.25, -0.2) is 19.0 Å². The van der Waals surface area contributed by atoms with Crippen LogP contribution in [0.1, 0.15) is 17.3 Å². The van der Waals surface area contributed by atoms with E-state index in [2.05, 4.69) is 10.3 Å². The Morgan fingerprint density at radius 1 is 1.23 bits per heavy atom. The van der Waals surface area contributed by atoms with Gasteiger partial charge in [0.05, 0.1) is 5.39 Å². The molecule has 0 radical (unpaired) electrons. The van der Waals surface area contributed by atoms with Crippen molar-refractivity contribution in [1.82, 2.24) is 14.9 Å². The van der Waals surface area contributed by atoms with Crippen LogP contribution in [0.15, 0.2) is 17.1 Å². The minimum absolute atomic E-state index is 0.0851. The molecule has 4 heterocycles. The molecule has 2 aromatic rings. The number of carbonyl (C=O) groups is 2. The summed E-state index contributed by atoms with van der Waals surface area (Å²) >= 11 is 0. The van der Waals surface area contributed by atoms with E-state index in [1.54, 1.807) is 11.8 Å². The second-order valence-electron chi connectivity index (χ2n) is 8.20. The smallest absolute Gasteiger partial charge is 0.346 e. The number of carboxylic acids is 1. The first-order valence-electron chi connectivity index (χ1n) is 11.0. The molecule has 2 saturated heterocycles. The minimum atomic E-state index is -1.99. The highest BCUT2D eigenvalue weighted by molar-refractivity contribution is 5.93. The van der Waals surface area contributed by atoms with Gasteiger partial charge >= 0.3 is 11.9 Å². The molecule has 0 saturated carbocycles. The zero-order chi connectivity index (χ0) is 25.4. The Morgan fingerprint density at radius 2 is 1.91 bits per heavy atom. The van der Waals surface area contributed by atoms with E-state index in [1.165, 1.54) is 4.57 Å². The van der Waals surface area contributed by atoms with Crippen LogP contribution in [0.2, 0.25) is 0 Å². The van der Waals surface area contributed by atoms with Crippen molar-refractivity contribution in [3.05, 3.63) is 33.9 Å². The molecule has 0 spiro atoms. The summed E-state index contributed by atoms with van der Waals surface area (Å²) in [6, 6.07) is 0.998. The standard InChI is InChI=1S/C21H25FN4O9/c1-2-25-8-10(20(33)35-21-15(30)13(28)14(29)16(34-21)19(31)32)12(27)9-7-11(22)18(24-17(9)25)26-5-3-23-4-6-26/h7-8,13-16,21,23,28-30H,2-6H2,1H3,(H,31,32). The van der Waals surface area contributed by atoms with Crippen LogP contribution in [0.4, 0.5) is 10.2 Å². The summed E-state index contributed by atoms with van der Waals surface area (Å²) in [4.78, 5) is 43.2. The highest BCUT2D eigenvalue weighted by atomic mass is 19.1. The van der Waals surface area contributed by atoms with Crippen molar-refractivity contribution in [3.8, 4) is 0 Å². The molecule has 2 aromatic heterocycles. The summed E-state index contributed by atoms with van der Waals surface area (Å²) in [6.07, 6.45) is -8.77. The van der Waals surface area contributed by atoms with Crippen molar-refractivity contribution < 1.29 is 43.9 Å². The number of nitrogens with zero attached hydrogens (tertiary/aromatic N) is 3. The zero-order valence-electron chi connectivity index (χ0n) is 18.6. The van der Waals surface area contributed by atoms with E-state index in [-0.39, 0.29) is 23.4 Å². The van der Waals surface area contributed by atoms with Gasteiger partial charge in [0.25, 0.3) is 0 Å². The number of hydrogen-bond donors (Lipinski definition) is 5. The number of aliphatic carboxylic acids is 1. The number of fused-ring (bicyclic) bond motifs is 1. The van der Waals surface area contributed by atoms with Gasteiger partial charge in [-0.2, -0.15) is 0 Å². The summed E-state index contributed by atoms with van der Waals surface area (Å²) in [5.41, 5.74) is -1.28. The number of aromatic nitrogens is 2. The summed E-state index contributed by atoms with van der Waals surface area (Å²) in [5, 5.41) is 41.9. The van der Waals surface area contributed by atoms with E-state index in [4.69, 9.17) is 14.6 Å². The highest BCUT2D eigenvalue weighted by Crippen LogP contribution is 2.25. The van der Waals surface area contributed by atoms with Crippen LogP contribution in [0.25, 0.3) is 11.0 Å². The third-order valence-electron chi connectivity index (χ3n) is 6.00. The molecule has 13 nitrogen and oxygen atoms in total. The van der Waals surface area contributed by atoms with E-state index < -0.39 is 59.5 Å². The van der Waals surface area contributed by atoms with Gasteiger partial charge in [-0.15, -0.1) is 0 Å². The number of halogens is 1. The number of ether oxygens (including phenoxy) is 2. The van der Waals surface area contributed by atoms with Crippen LogP contribution >= 0.6 is 0 Å². The maximum atomic E-state index is 14.9. The fourth-order valence-electron chi connectivity index (χ4n) is 4.08. The fraction of sp³-hybridized carbons (Fsp3) is 0.524. The first-order chi connectivity index (χ1) is 16.6. The number of carboxylic acid groups (broad SMARTS) is 1. The molecule has 0 aliphatic carbocycles. The van der Waals surface area contributed by atoms with E-state index in [9.17, 15) is 34.1 Å². The molecule has 14 heteroatoms. The maximum absolute atomic E-state index is 14.9. The number of aliphatic hydroxyl groups is 3. The van der Waals surface area contributed by atoms with Crippen LogP contribution in [-0.2, 0) is 20.8 Å². The zero-order valence-corrected chi connectivity index (χ0v) is 18.6. The summed E-state index contributed by atoms with van der Waals surface area (Å²) in [5.74, 6) is -3.62. The van der Waals surface area contributed by atoms with Crippen molar-refractivity contribution in [2.24, 2.45) is 0 Å². The van der Waals surface area contributed by atoms with Gasteiger partial charge in [0.2, 0.25) is 11.7 Å². The van der Waals surface area contributed by atoms with Crippen molar-refractivity contribution in [1.29, 1.82) is 0 Å². The second kappa shape index (κ2) is 9.83. The third-order valence-corrected chi connectivity index (χ3v) is 6.00. The number of aliphatic hydroxyl groups excluding tert-OH is 3. The fourth-order valence-corrected chi connectivity index (χ4v) is 4.08. The molecule has 2 aliphatic rings. The summed E-state index contributed by atoms with van der Waals surface area (Å²) in [6.45, 7) is 4.32. The lowest BCUT2D eigenvalue weighted by molar-refractivity contribution is -0.278. The first kappa shape index (κ1) is 24.9. The van der Waals surface area contributed by atoms with Gasteiger partial charge in [0.15, 0.2) is 17.7 Å². The number of esters is 1. The predicted octanol–water partition coefficient (Wildman–Crippen LogP) is -1.99. The molecule has 0 aromatic carbocycles. The quantitative estimate of drug-likeness (QED) is 0.288. The molecule has 0 bridgehead atoms. The highest BCUT2D eigenvalue weighted by Gasteiger charge is 2.48. The molecule has 5 N–H and O–H groups in total. The first-order valence-corrected chi connectivity index (χ1v) is 11.0. The Bertz CT molecular complexity index is 1200. The van der Waals surface area contributed by atoms with Crippen LogP contribution in [0.3, 0.4) is 0 Å². The van der Waals surface area contributed by atoms with E-state index in [0.717, 1.165) is 12.3 Å². The lowest BCUT2D eigenvalue weighted by atomic mass is 9.99. The number of anilines is 1. The maximum Gasteiger partial charge on any atom is 0.346 e. The monoisotopic (exact) mass is 496 g/mol. The molecule has 2 aliphatic heterocycles. The molecule has 0 amide bonds. The Kier molecular flexibility index (Phi) is 7.00. The van der Waals surface area contributed by atoms with Crippen molar-refractivity contribution in [2.75, 3.05) is 31.1 Å². The SMILES string of the molecule is CCn1cc(C(=O)OC2OC(C(=O)O)C(O)C(O)C2O)c(=O)c2cc(F)c(N3CCNCC3)nc21. The van der Waals surface area contributed by atoms with Gasteiger partial charge < -0.3 is 44.7 Å². The normalized spacial score (nSPS) is 27.1. The predicted molar refractivity (Wildman–Crippen MR) is 116 cm³/mol. The van der Waals surface area contributed by atoms with Crippen LogP contribution < -0.4 is 15.6 Å². The molecule has 5 atom stereocenters. The van der Waals surface area contributed by atoms with Crippen molar-refractivity contribution >= 4 is 28.8 Å². The molecule has 5 unspecified atom stereocenters. The summed E-state index contributed by atoms with van der Waals surface area (Å²) < 4.78 is 26.3. The van der Waals surface area contributed by atoms with Crippen molar-refractivity contribution in [2.45, 2.75) is 44.2 Å². The van der Waals surface area contributed by atoms with Crippen molar-refractivity contribution in [3.63, 3.8) is 0 Å². The lowest BCUT2D eigenvalue weighted by Crippen LogP contribution is -2.60. The number of piperazine rings is 1. The largest absolute Gasteiger partial charge is 0.479 e. The topological polar surface area (TPSA) is 184 Å². The Labute approximate surface area is 197 Å². The molecule has 4 rings (SSSR count). The molecular formula is C21H25FN4O9. The number of carbonyl (C=O) groups excluding carboxylic acids is 1. The minimum Gasteiger partial charge on any atom is -0.479 e. The number of hydrogen-bond acceptors (Lipinski definition) is 11. The number of pyridine rings is 2. The van der Waals surface area contributed by atoms with Crippen LogP contribution in [-0.4, -0.2) is 98.8 Å². The lowest BCUT2D eigenvalue weighted by Gasteiger charge is -2.37. The molecule has 35 heavy (non-hydrogen) atoms. The molecule has 190 valence electrons. The van der Waals surface area contributed by atoms with Gasteiger partial charge in [0.1, 0.15) is 29.5 Å². The second-order valence-corrected chi connectivity index (χ2v) is 8.20. The molecular weight excluding hydrogens is 471 g/mol. The Morgan fingerprint density at radius 3 is 2.54 bits per heavy atom. The number of nitrogens with one attached hydrogen (secondary N) is 1. The number of rotatable bonds is 5. The van der Waals surface area contributed by atoms with Gasteiger partial charge in [0, 0.05) is 38.9 Å². The van der Waals surface area contributed by atoms with E-state index in [0.29, 0.717) is 26.2 Å². The average Bonchev–Trinajstić information content (AvgIpc) is 2.84. The van der Waals surface area contributed by atoms with Gasteiger partial charge in [-0.3, -0.25) is 4.79 Å². The van der Waals surface area contributed by atoms with E-state index >= 15 is 0 Å². The number of aryl methyl sites for hydroxylation is 1. The Balaban J connectivity index is 1.68. The van der Waals surface area contributed by atoms with Gasteiger partial charge in [-0.1, -0.05) is 0 Å². The van der Waals surface area contributed by atoms with Crippen LogP contribution in [0.5, 0.6) is 0 Å². The van der Waals surface area contributed by atoms with Crippen LogP contribution in [0, 0.1) is 5.82 Å². The summed E-state index contributed by atoms with van der Waals surface area (Å²) in [7, 11) is 0.